The molecule has 4 aromatic rings. The van der Waals surface area contributed by atoms with E-state index in [0.717, 1.165) is 12.6 Å². The SMILES string of the molecule is CN(CCN1CCN(c2cnc(OCCCO)c(C(F)(F)F)c2)CC1)c1cc2nc(-c3ncco3)nn2c(N)n1. The first kappa shape index (κ1) is 27.4. The summed E-state index contributed by atoms with van der Waals surface area (Å²) in [5.41, 5.74) is 6.09. The molecule has 0 aromatic carbocycles. The second kappa shape index (κ2) is 11.5. The third kappa shape index (κ3) is 6.02. The van der Waals surface area contributed by atoms with Gasteiger partial charge in [-0.2, -0.15) is 22.7 Å². The number of aromatic nitrogens is 6. The molecule has 40 heavy (non-hydrogen) atoms. The lowest BCUT2D eigenvalue weighted by atomic mass is 10.2. The van der Waals surface area contributed by atoms with Gasteiger partial charge in [-0.05, 0) is 6.07 Å². The Hall–Kier alpha value is -4.18. The molecule has 0 radical (unpaired) electrons. The predicted molar refractivity (Wildman–Crippen MR) is 139 cm³/mol. The number of hydrogen-bond donors (Lipinski definition) is 2. The molecule has 3 N–H and O–H groups in total. The number of ether oxygens (including phenoxy) is 1. The normalized spacial score (nSPS) is 14.7. The van der Waals surface area contributed by atoms with Gasteiger partial charge in [-0.1, -0.05) is 0 Å². The van der Waals surface area contributed by atoms with Gasteiger partial charge in [0.05, 0.1) is 24.7 Å². The molecule has 5 rings (SSSR count). The number of hydrogen-bond acceptors (Lipinski definition) is 12. The van der Waals surface area contributed by atoms with E-state index in [1.807, 2.05) is 16.8 Å². The number of nitrogen functional groups attached to an aromatic ring is 1. The molecule has 1 saturated heterocycles. The maximum Gasteiger partial charge on any atom is 0.421 e. The summed E-state index contributed by atoms with van der Waals surface area (Å²) in [6.07, 6.45) is -0.0387. The molecule has 1 aliphatic rings. The summed E-state index contributed by atoms with van der Waals surface area (Å²) in [5.74, 6) is 0.915. The number of anilines is 3. The fraction of sp³-hybridized carbons (Fsp3) is 0.458. The second-order valence-corrected chi connectivity index (χ2v) is 9.24. The number of pyridine rings is 1. The number of alkyl halides is 3. The highest BCUT2D eigenvalue weighted by Gasteiger charge is 2.36. The van der Waals surface area contributed by atoms with Gasteiger partial charge in [0, 0.05) is 65.4 Å². The smallest absolute Gasteiger partial charge is 0.421 e. The molecule has 4 aromatic heterocycles. The third-order valence-corrected chi connectivity index (χ3v) is 6.52. The van der Waals surface area contributed by atoms with Crippen LogP contribution in [0.5, 0.6) is 5.88 Å². The number of nitrogens with two attached hydrogens (primary N) is 1. The summed E-state index contributed by atoms with van der Waals surface area (Å²) in [6.45, 7) is 3.58. The van der Waals surface area contributed by atoms with Crippen molar-refractivity contribution in [1.82, 2.24) is 34.4 Å². The van der Waals surface area contributed by atoms with Crippen molar-refractivity contribution in [3.05, 3.63) is 36.4 Å². The average molecular weight is 563 g/mol. The Morgan fingerprint density at radius 2 is 1.95 bits per heavy atom. The number of aliphatic hydroxyl groups excluding tert-OH is 1. The minimum absolute atomic E-state index is 0.0442. The number of likely N-dealkylation sites (N-methyl/N-ethyl adjacent to an activating group) is 1. The molecule has 16 heteroatoms. The van der Waals surface area contributed by atoms with Crippen LogP contribution in [-0.4, -0.2) is 99.1 Å². The van der Waals surface area contributed by atoms with Crippen LogP contribution < -0.4 is 20.3 Å². The molecular weight excluding hydrogens is 533 g/mol. The van der Waals surface area contributed by atoms with Gasteiger partial charge < -0.3 is 29.8 Å². The Bertz CT molecular complexity index is 1420. The van der Waals surface area contributed by atoms with E-state index in [0.29, 0.717) is 55.7 Å². The maximum absolute atomic E-state index is 13.6. The topological polar surface area (TPSA) is 147 Å². The lowest BCUT2D eigenvalue weighted by Crippen LogP contribution is -2.48. The van der Waals surface area contributed by atoms with Crippen LogP contribution in [0.4, 0.5) is 30.6 Å². The van der Waals surface area contributed by atoms with Crippen molar-refractivity contribution in [2.75, 3.05) is 75.1 Å². The van der Waals surface area contributed by atoms with Gasteiger partial charge >= 0.3 is 6.18 Å². The van der Waals surface area contributed by atoms with Crippen LogP contribution in [0.3, 0.4) is 0 Å². The Balaban J connectivity index is 1.18. The van der Waals surface area contributed by atoms with Crippen molar-refractivity contribution < 1.29 is 27.4 Å². The van der Waals surface area contributed by atoms with Crippen molar-refractivity contribution in [1.29, 1.82) is 0 Å². The highest BCUT2D eigenvalue weighted by Crippen LogP contribution is 2.37. The number of piperazine rings is 1. The lowest BCUT2D eigenvalue weighted by Gasteiger charge is -2.36. The number of aliphatic hydroxyl groups is 1. The Kier molecular flexibility index (Phi) is 7.88. The van der Waals surface area contributed by atoms with Crippen LogP contribution in [0.25, 0.3) is 17.4 Å². The molecule has 1 aliphatic heterocycles. The zero-order valence-corrected chi connectivity index (χ0v) is 21.8. The Labute approximate surface area is 227 Å². The second-order valence-electron chi connectivity index (χ2n) is 9.24. The molecule has 1 fully saturated rings. The highest BCUT2D eigenvalue weighted by molar-refractivity contribution is 5.58. The fourth-order valence-corrected chi connectivity index (χ4v) is 4.32. The van der Waals surface area contributed by atoms with E-state index < -0.39 is 17.6 Å². The van der Waals surface area contributed by atoms with Gasteiger partial charge in [-0.3, -0.25) is 4.90 Å². The first-order valence-corrected chi connectivity index (χ1v) is 12.7. The Morgan fingerprint density at radius 3 is 2.65 bits per heavy atom. The van der Waals surface area contributed by atoms with E-state index in [1.54, 1.807) is 6.07 Å². The molecule has 5 heterocycles. The minimum Gasteiger partial charge on any atom is -0.477 e. The van der Waals surface area contributed by atoms with E-state index in [4.69, 9.17) is 20.0 Å². The molecule has 0 saturated carbocycles. The van der Waals surface area contributed by atoms with Crippen LogP contribution >= 0.6 is 0 Å². The number of fused-ring (bicyclic) bond motifs is 1. The molecule has 0 atom stereocenters. The molecule has 0 aliphatic carbocycles. The van der Waals surface area contributed by atoms with E-state index in [2.05, 4.69) is 29.9 Å². The van der Waals surface area contributed by atoms with Crippen molar-refractivity contribution in [3.8, 4) is 17.6 Å². The van der Waals surface area contributed by atoms with Crippen molar-refractivity contribution in [2.45, 2.75) is 12.6 Å². The molecule has 0 spiro atoms. The molecular formula is C24H29F3N10O3. The highest BCUT2D eigenvalue weighted by atomic mass is 19.4. The van der Waals surface area contributed by atoms with Gasteiger partial charge in [0.1, 0.15) is 17.6 Å². The van der Waals surface area contributed by atoms with Crippen LogP contribution in [0, 0.1) is 0 Å². The largest absolute Gasteiger partial charge is 0.477 e. The minimum atomic E-state index is -4.60. The molecule has 214 valence electrons. The molecule has 0 unspecified atom stereocenters. The molecule has 13 nitrogen and oxygen atoms in total. The van der Waals surface area contributed by atoms with E-state index >= 15 is 0 Å². The maximum atomic E-state index is 13.6. The number of halogens is 3. The number of nitrogens with zero attached hydrogens (tertiary/aromatic N) is 9. The predicted octanol–water partition coefficient (Wildman–Crippen LogP) is 1.79. The summed E-state index contributed by atoms with van der Waals surface area (Å²) >= 11 is 0. The summed E-state index contributed by atoms with van der Waals surface area (Å²) < 4.78 is 52.7. The quantitative estimate of drug-likeness (QED) is 0.272. The first-order valence-electron chi connectivity index (χ1n) is 12.7. The number of oxazole rings is 1. The van der Waals surface area contributed by atoms with Gasteiger partial charge in [0.2, 0.25) is 17.7 Å². The van der Waals surface area contributed by atoms with Gasteiger partial charge in [0.15, 0.2) is 5.65 Å². The standard InChI is InChI=1S/C24H29F3N10O3/c1-34(18-14-19-31-20(22-29-3-12-40-22)33-37(19)23(28)32-18)4-5-35-6-8-36(9-7-35)16-13-17(24(25,26)27)21(30-15-16)39-11-2-10-38/h3,12-15,38H,2,4-11H2,1H3,(H2,28,32). The van der Waals surface area contributed by atoms with Crippen LogP contribution in [-0.2, 0) is 6.18 Å². The summed E-state index contributed by atoms with van der Waals surface area (Å²) in [7, 11) is 1.90. The monoisotopic (exact) mass is 562 g/mol. The molecule has 0 bridgehead atoms. The summed E-state index contributed by atoms with van der Waals surface area (Å²) in [5, 5.41) is 13.2. The van der Waals surface area contributed by atoms with Gasteiger partial charge in [-0.25, -0.2) is 15.0 Å². The fourth-order valence-electron chi connectivity index (χ4n) is 4.32. The van der Waals surface area contributed by atoms with Crippen molar-refractivity contribution in [3.63, 3.8) is 0 Å². The zero-order valence-electron chi connectivity index (χ0n) is 21.8. The zero-order chi connectivity index (χ0) is 28.3. The third-order valence-electron chi connectivity index (χ3n) is 6.52. The van der Waals surface area contributed by atoms with Crippen LogP contribution in [0.2, 0.25) is 0 Å². The van der Waals surface area contributed by atoms with Gasteiger partial charge in [0.25, 0.3) is 5.89 Å². The van der Waals surface area contributed by atoms with Crippen molar-refractivity contribution >= 4 is 23.1 Å². The lowest BCUT2D eigenvalue weighted by molar-refractivity contribution is -0.139. The summed E-state index contributed by atoms with van der Waals surface area (Å²) in [6, 6.07) is 2.85. The van der Waals surface area contributed by atoms with Crippen LogP contribution in [0.1, 0.15) is 12.0 Å². The Morgan fingerprint density at radius 1 is 1.15 bits per heavy atom. The summed E-state index contributed by atoms with van der Waals surface area (Å²) in [4.78, 5) is 22.9. The van der Waals surface area contributed by atoms with E-state index in [1.165, 1.54) is 23.2 Å². The molecule has 0 amide bonds. The van der Waals surface area contributed by atoms with Crippen molar-refractivity contribution in [2.24, 2.45) is 0 Å². The van der Waals surface area contributed by atoms with E-state index in [9.17, 15) is 13.2 Å². The first-order chi connectivity index (χ1) is 19.2. The number of rotatable bonds is 10. The average Bonchev–Trinajstić information content (AvgIpc) is 3.62. The van der Waals surface area contributed by atoms with E-state index in [-0.39, 0.29) is 31.5 Å². The van der Waals surface area contributed by atoms with Gasteiger partial charge in [-0.15, -0.1) is 5.10 Å². The van der Waals surface area contributed by atoms with Crippen LogP contribution in [0.15, 0.2) is 35.2 Å².